The second-order valence-electron chi connectivity index (χ2n) is 8.26. The zero-order valence-electron chi connectivity index (χ0n) is 17.8. The van der Waals surface area contributed by atoms with Gasteiger partial charge < -0.3 is 19.9 Å². The fourth-order valence-corrected chi connectivity index (χ4v) is 3.35. The van der Waals surface area contributed by atoms with Crippen molar-refractivity contribution in [2.75, 3.05) is 31.1 Å². The van der Waals surface area contributed by atoms with Crippen molar-refractivity contribution in [3.63, 3.8) is 0 Å². The molecule has 1 saturated heterocycles. The number of carbonyl (C=O) groups is 2. The van der Waals surface area contributed by atoms with E-state index in [4.69, 9.17) is 16.3 Å². The number of piperazine rings is 1. The number of ether oxygens (including phenoxy) is 1. The summed E-state index contributed by atoms with van der Waals surface area (Å²) in [6, 6.07) is 3.88. The highest BCUT2D eigenvalue weighted by Crippen LogP contribution is 2.33. The van der Waals surface area contributed by atoms with E-state index in [-0.39, 0.29) is 18.0 Å². The number of aryl methyl sites for hydroxylation is 1. The Morgan fingerprint density at radius 1 is 1.21 bits per heavy atom. The topological polar surface area (TPSA) is 61.9 Å². The molecule has 1 aromatic rings. The van der Waals surface area contributed by atoms with Gasteiger partial charge in [0.05, 0.1) is 6.04 Å². The summed E-state index contributed by atoms with van der Waals surface area (Å²) in [6.45, 7) is 13.9. The molecule has 156 valence electrons. The molecule has 0 aromatic heterocycles. The summed E-state index contributed by atoms with van der Waals surface area (Å²) in [7, 11) is 0. The van der Waals surface area contributed by atoms with Crippen molar-refractivity contribution in [1.29, 1.82) is 0 Å². The normalized spacial score (nSPS) is 16.0. The molecule has 1 aromatic carbocycles. The zero-order chi connectivity index (χ0) is 21.1. The Labute approximate surface area is 173 Å². The lowest BCUT2D eigenvalue weighted by atomic mass is 10.0. The number of nitrogens with one attached hydrogen (secondary N) is 1. The summed E-state index contributed by atoms with van der Waals surface area (Å²) in [5.41, 5.74) is 2.52. The predicted molar refractivity (Wildman–Crippen MR) is 113 cm³/mol. The molecular weight excluding hydrogens is 378 g/mol. The van der Waals surface area contributed by atoms with E-state index in [1.807, 2.05) is 53.7 Å². The second-order valence-corrected chi connectivity index (χ2v) is 8.66. The highest BCUT2D eigenvalue weighted by molar-refractivity contribution is 6.31. The lowest BCUT2D eigenvalue weighted by Gasteiger charge is -2.38. The van der Waals surface area contributed by atoms with Crippen LogP contribution in [0.5, 0.6) is 0 Å². The van der Waals surface area contributed by atoms with Crippen LogP contribution in [0, 0.1) is 6.92 Å². The second kappa shape index (κ2) is 9.03. The van der Waals surface area contributed by atoms with Gasteiger partial charge in [0, 0.05) is 43.3 Å². The third-order valence-electron chi connectivity index (χ3n) is 4.75. The Morgan fingerprint density at radius 2 is 1.82 bits per heavy atom. The lowest BCUT2D eigenvalue weighted by molar-refractivity contribution is -0.121. The maximum atomic E-state index is 12.3. The van der Waals surface area contributed by atoms with Gasteiger partial charge in [-0.3, -0.25) is 4.79 Å². The molecule has 0 radical (unpaired) electrons. The minimum absolute atomic E-state index is 0.0146. The number of rotatable bonds is 4. The number of anilines is 1. The van der Waals surface area contributed by atoms with Crippen LogP contribution in [0.1, 0.15) is 58.2 Å². The summed E-state index contributed by atoms with van der Waals surface area (Å²) in [5.74, 6) is 0.0146. The van der Waals surface area contributed by atoms with E-state index in [9.17, 15) is 9.59 Å². The monoisotopic (exact) mass is 409 g/mol. The van der Waals surface area contributed by atoms with Gasteiger partial charge in [-0.1, -0.05) is 24.6 Å². The van der Waals surface area contributed by atoms with E-state index in [1.165, 1.54) is 0 Å². The van der Waals surface area contributed by atoms with Crippen LogP contribution in [0.4, 0.5) is 10.5 Å². The molecule has 1 aliphatic rings. The molecular formula is C21H32ClN3O3. The molecule has 2 rings (SSSR count). The van der Waals surface area contributed by atoms with Crippen molar-refractivity contribution in [2.24, 2.45) is 0 Å². The number of halogens is 1. The van der Waals surface area contributed by atoms with E-state index in [0.717, 1.165) is 16.8 Å². The van der Waals surface area contributed by atoms with Gasteiger partial charge in [-0.05, 0) is 51.8 Å². The quantitative estimate of drug-likeness (QED) is 0.805. The van der Waals surface area contributed by atoms with Crippen LogP contribution in [-0.2, 0) is 9.53 Å². The predicted octanol–water partition coefficient (Wildman–Crippen LogP) is 4.29. The highest BCUT2D eigenvalue weighted by Gasteiger charge is 2.27. The van der Waals surface area contributed by atoms with E-state index < -0.39 is 5.60 Å². The van der Waals surface area contributed by atoms with E-state index in [0.29, 0.717) is 37.6 Å². The third kappa shape index (κ3) is 5.77. The fourth-order valence-electron chi connectivity index (χ4n) is 3.19. The fraction of sp³-hybridized carbons (Fsp3) is 0.619. The Morgan fingerprint density at radius 3 is 2.36 bits per heavy atom. The standard InChI is InChI=1S/C21H32ClN3O3/c1-7-19(26)23-15(3)16-12-14(2)17(22)13-18(16)24-8-10-25(11-9-24)20(27)28-21(4,5)6/h12-13,15H,7-11H2,1-6H3,(H,23,26). The maximum Gasteiger partial charge on any atom is 0.410 e. The van der Waals surface area contributed by atoms with Crippen LogP contribution in [0.25, 0.3) is 0 Å². The molecule has 0 saturated carbocycles. The van der Waals surface area contributed by atoms with Crippen molar-refractivity contribution >= 4 is 29.3 Å². The first-order valence-corrected chi connectivity index (χ1v) is 10.2. The van der Waals surface area contributed by atoms with Crippen LogP contribution in [0.3, 0.4) is 0 Å². The van der Waals surface area contributed by atoms with Crippen molar-refractivity contribution in [1.82, 2.24) is 10.2 Å². The Balaban J connectivity index is 2.16. The van der Waals surface area contributed by atoms with Crippen molar-refractivity contribution in [2.45, 2.75) is 59.6 Å². The number of carbonyl (C=O) groups excluding carboxylic acids is 2. The van der Waals surface area contributed by atoms with Gasteiger partial charge in [0.15, 0.2) is 0 Å². The van der Waals surface area contributed by atoms with E-state index in [2.05, 4.69) is 10.2 Å². The summed E-state index contributed by atoms with van der Waals surface area (Å²) in [6.07, 6.45) is 0.166. The van der Waals surface area contributed by atoms with Crippen LogP contribution in [0.2, 0.25) is 5.02 Å². The molecule has 1 unspecified atom stereocenters. The molecule has 1 N–H and O–H groups in total. The van der Waals surface area contributed by atoms with Gasteiger partial charge in [-0.15, -0.1) is 0 Å². The molecule has 1 atom stereocenters. The van der Waals surface area contributed by atoms with Crippen molar-refractivity contribution < 1.29 is 14.3 Å². The van der Waals surface area contributed by atoms with E-state index >= 15 is 0 Å². The number of hydrogen-bond acceptors (Lipinski definition) is 4. The van der Waals surface area contributed by atoms with Crippen LogP contribution >= 0.6 is 11.6 Å². The number of benzene rings is 1. The van der Waals surface area contributed by atoms with Crippen molar-refractivity contribution in [3.8, 4) is 0 Å². The molecule has 2 amide bonds. The zero-order valence-corrected chi connectivity index (χ0v) is 18.5. The number of hydrogen-bond donors (Lipinski definition) is 1. The Hall–Kier alpha value is -1.95. The molecule has 0 spiro atoms. The highest BCUT2D eigenvalue weighted by atomic mass is 35.5. The molecule has 7 heteroatoms. The van der Waals surface area contributed by atoms with Gasteiger partial charge in [-0.2, -0.15) is 0 Å². The van der Waals surface area contributed by atoms with Crippen LogP contribution in [-0.4, -0.2) is 48.7 Å². The summed E-state index contributed by atoms with van der Waals surface area (Å²) < 4.78 is 5.47. The minimum Gasteiger partial charge on any atom is -0.444 e. The average molecular weight is 410 g/mol. The summed E-state index contributed by atoms with van der Waals surface area (Å²) in [4.78, 5) is 28.1. The smallest absolute Gasteiger partial charge is 0.410 e. The van der Waals surface area contributed by atoms with E-state index in [1.54, 1.807) is 4.90 Å². The molecule has 0 bridgehead atoms. The van der Waals surface area contributed by atoms with Gasteiger partial charge in [0.2, 0.25) is 5.91 Å². The molecule has 1 aliphatic heterocycles. The first-order chi connectivity index (χ1) is 13.0. The Bertz CT molecular complexity index is 722. The van der Waals surface area contributed by atoms with Crippen molar-refractivity contribution in [3.05, 3.63) is 28.3 Å². The SMILES string of the molecule is CCC(=O)NC(C)c1cc(C)c(Cl)cc1N1CCN(C(=O)OC(C)(C)C)CC1. The Kier molecular flexibility index (Phi) is 7.21. The average Bonchev–Trinajstić information content (AvgIpc) is 2.62. The van der Waals surface area contributed by atoms with Crippen LogP contribution < -0.4 is 10.2 Å². The van der Waals surface area contributed by atoms with Crippen LogP contribution in [0.15, 0.2) is 12.1 Å². The first-order valence-electron chi connectivity index (χ1n) is 9.84. The third-order valence-corrected chi connectivity index (χ3v) is 5.15. The van der Waals surface area contributed by atoms with Gasteiger partial charge >= 0.3 is 6.09 Å². The molecule has 6 nitrogen and oxygen atoms in total. The first kappa shape index (κ1) is 22.3. The van der Waals surface area contributed by atoms with Gasteiger partial charge in [0.25, 0.3) is 0 Å². The van der Waals surface area contributed by atoms with Gasteiger partial charge in [-0.25, -0.2) is 4.79 Å². The number of nitrogens with zero attached hydrogens (tertiary/aromatic N) is 2. The minimum atomic E-state index is -0.501. The summed E-state index contributed by atoms with van der Waals surface area (Å²) >= 11 is 6.40. The lowest BCUT2D eigenvalue weighted by Crippen LogP contribution is -2.50. The maximum absolute atomic E-state index is 12.3. The van der Waals surface area contributed by atoms with Gasteiger partial charge in [0.1, 0.15) is 5.60 Å². The molecule has 0 aliphatic carbocycles. The molecule has 1 heterocycles. The summed E-state index contributed by atoms with van der Waals surface area (Å²) in [5, 5.41) is 3.73. The molecule has 28 heavy (non-hydrogen) atoms. The molecule has 1 fully saturated rings. The number of amides is 2. The largest absolute Gasteiger partial charge is 0.444 e.